The lowest BCUT2D eigenvalue weighted by molar-refractivity contribution is 0.313. The molecule has 0 atom stereocenters. The molecule has 0 bridgehead atoms. The summed E-state index contributed by atoms with van der Waals surface area (Å²) in [5.41, 5.74) is 2.64. The van der Waals surface area contributed by atoms with Crippen LogP contribution in [0.4, 0.5) is 0 Å². The zero-order valence-electron chi connectivity index (χ0n) is 6.74. The summed E-state index contributed by atoms with van der Waals surface area (Å²) in [6.45, 7) is 2.37. The molecule has 1 aliphatic heterocycles. The van der Waals surface area contributed by atoms with Crippen LogP contribution in [0.1, 0.15) is 11.1 Å². The second-order valence-corrected chi connectivity index (χ2v) is 2.83. The van der Waals surface area contributed by atoms with Gasteiger partial charge in [-0.05, 0) is 24.6 Å². The molecule has 0 fully saturated rings. The Hall–Kier alpha value is -1.51. The average Bonchev–Trinajstić information content (AvgIpc) is 2.46. The lowest BCUT2D eigenvalue weighted by Crippen LogP contribution is -2.01. The molecule has 2 rings (SSSR count). The minimum Gasteiger partial charge on any atom is -0.486 e. The number of aryl methyl sites for hydroxylation is 1. The Bertz CT molecular complexity index is 344. The third kappa shape index (κ3) is 0.942. The van der Waals surface area contributed by atoms with Crippen molar-refractivity contribution in [1.82, 2.24) is 0 Å². The lowest BCUT2D eigenvalue weighted by atomic mass is 10.1. The molecule has 1 aliphatic rings. The minimum absolute atomic E-state index is 0.370. The van der Waals surface area contributed by atoms with Gasteiger partial charge in [0.1, 0.15) is 18.1 Å². The Morgan fingerprint density at radius 1 is 1.50 bits per heavy atom. The highest BCUT2D eigenvalue weighted by Crippen LogP contribution is 2.26. The summed E-state index contributed by atoms with van der Waals surface area (Å²) in [6.07, 6.45) is 0. The molecular formula is C9H9NO2. The Kier molecular flexibility index (Phi) is 1.50. The third-order valence-corrected chi connectivity index (χ3v) is 1.93. The number of hydrogen-bond donors (Lipinski definition) is 1. The first kappa shape index (κ1) is 7.16. The summed E-state index contributed by atoms with van der Waals surface area (Å²) in [7, 11) is 0. The zero-order valence-corrected chi connectivity index (χ0v) is 6.74. The van der Waals surface area contributed by atoms with Crippen molar-refractivity contribution in [1.29, 1.82) is 0 Å². The largest absolute Gasteiger partial charge is 0.486 e. The van der Waals surface area contributed by atoms with Crippen LogP contribution < -0.4 is 4.74 Å². The van der Waals surface area contributed by atoms with E-state index in [1.54, 1.807) is 0 Å². The first-order valence-electron chi connectivity index (χ1n) is 3.76. The Balaban J connectivity index is 2.55. The standard InChI is InChI=1S/C9H9NO2/c1-6-2-3-7-8(10-11)5-12-9(7)4-6/h2-4,11H,5H2,1H3/b10-8-. The van der Waals surface area contributed by atoms with E-state index < -0.39 is 0 Å². The van der Waals surface area contributed by atoms with Crippen LogP contribution in [0, 0.1) is 6.92 Å². The second-order valence-electron chi connectivity index (χ2n) is 2.83. The van der Waals surface area contributed by atoms with E-state index in [0.29, 0.717) is 12.3 Å². The summed E-state index contributed by atoms with van der Waals surface area (Å²) in [5, 5.41) is 11.7. The molecule has 0 unspecified atom stereocenters. The van der Waals surface area contributed by atoms with Crippen molar-refractivity contribution in [3.63, 3.8) is 0 Å². The van der Waals surface area contributed by atoms with Gasteiger partial charge in [0.25, 0.3) is 0 Å². The van der Waals surface area contributed by atoms with Gasteiger partial charge < -0.3 is 9.94 Å². The SMILES string of the molecule is Cc1ccc2c(c1)OC/C2=N/O. The summed E-state index contributed by atoms with van der Waals surface area (Å²) >= 11 is 0. The van der Waals surface area contributed by atoms with Crippen molar-refractivity contribution in [2.75, 3.05) is 6.61 Å². The van der Waals surface area contributed by atoms with E-state index in [4.69, 9.17) is 9.94 Å². The van der Waals surface area contributed by atoms with Crippen LogP contribution in [0.3, 0.4) is 0 Å². The number of nitrogens with zero attached hydrogens (tertiary/aromatic N) is 1. The summed E-state index contributed by atoms with van der Waals surface area (Å²) in [4.78, 5) is 0. The van der Waals surface area contributed by atoms with Crippen LogP contribution in [0.25, 0.3) is 0 Å². The Labute approximate surface area is 70.3 Å². The third-order valence-electron chi connectivity index (χ3n) is 1.93. The zero-order chi connectivity index (χ0) is 8.55. The van der Waals surface area contributed by atoms with Crippen molar-refractivity contribution in [3.05, 3.63) is 29.3 Å². The normalized spacial score (nSPS) is 17.6. The first-order chi connectivity index (χ1) is 5.81. The van der Waals surface area contributed by atoms with Crippen LogP contribution in [-0.4, -0.2) is 17.5 Å². The topological polar surface area (TPSA) is 41.8 Å². The monoisotopic (exact) mass is 163 g/mol. The van der Waals surface area contributed by atoms with E-state index in [-0.39, 0.29) is 0 Å². The minimum atomic E-state index is 0.370. The van der Waals surface area contributed by atoms with E-state index in [9.17, 15) is 0 Å². The van der Waals surface area contributed by atoms with Crippen LogP contribution in [-0.2, 0) is 0 Å². The van der Waals surface area contributed by atoms with Gasteiger partial charge in [0.2, 0.25) is 0 Å². The lowest BCUT2D eigenvalue weighted by Gasteiger charge is -1.97. The Morgan fingerprint density at radius 3 is 3.08 bits per heavy atom. The maximum Gasteiger partial charge on any atom is 0.134 e. The number of benzene rings is 1. The van der Waals surface area contributed by atoms with E-state index in [0.717, 1.165) is 16.9 Å². The van der Waals surface area contributed by atoms with Gasteiger partial charge in [0.05, 0.1) is 0 Å². The highest BCUT2D eigenvalue weighted by Gasteiger charge is 2.18. The fourth-order valence-corrected chi connectivity index (χ4v) is 1.29. The van der Waals surface area contributed by atoms with Crippen molar-refractivity contribution in [2.24, 2.45) is 5.16 Å². The van der Waals surface area contributed by atoms with Gasteiger partial charge in [-0.3, -0.25) is 0 Å². The maximum atomic E-state index is 8.59. The average molecular weight is 163 g/mol. The van der Waals surface area contributed by atoms with Gasteiger partial charge in [-0.2, -0.15) is 0 Å². The maximum absolute atomic E-state index is 8.59. The molecule has 0 saturated carbocycles. The number of hydrogen-bond acceptors (Lipinski definition) is 3. The van der Waals surface area contributed by atoms with Crippen LogP contribution in [0.2, 0.25) is 0 Å². The molecule has 0 spiro atoms. The van der Waals surface area contributed by atoms with Crippen LogP contribution >= 0.6 is 0 Å². The van der Waals surface area contributed by atoms with Gasteiger partial charge in [-0.25, -0.2) is 0 Å². The van der Waals surface area contributed by atoms with Crippen molar-refractivity contribution < 1.29 is 9.94 Å². The predicted molar refractivity (Wildman–Crippen MR) is 45.0 cm³/mol. The van der Waals surface area contributed by atoms with Gasteiger partial charge >= 0.3 is 0 Å². The van der Waals surface area contributed by atoms with E-state index >= 15 is 0 Å². The predicted octanol–water partition coefficient (Wildman–Crippen LogP) is 1.57. The highest BCUT2D eigenvalue weighted by molar-refractivity contribution is 6.05. The molecular weight excluding hydrogens is 154 g/mol. The fraction of sp³-hybridized carbons (Fsp3) is 0.222. The Morgan fingerprint density at radius 2 is 2.33 bits per heavy atom. The van der Waals surface area contributed by atoms with Gasteiger partial charge in [-0.1, -0.05) is 11.2 Å². The van der Waals surface area contributed by atoms with E-state index in [1.165, 1.54) is 0 Å². The molecule has 1 aromatic carbocycles. The van der Waals surface area contributed by atoms with Gasteiger partial charge in [-0.15, -0.1) is 0 Å². The molecule has 0 saturated heterocycles. The molecule has 62 valence electrons. The van der Waals surface area contributed by atoms with Crippen LogP contribution in [0.15, 0.2) is 23.4 Å². The van der Waals surface area contributed by atoms with Gasteiger partial charge in [0, 0.05) is 5.56 Å². The molecule has 1 heterocycles. The fourth-order valence-electron chi connectivity index (χ4n) is 1.29. The molecule has 3 nitrogen and oxygen atoms in total. The summed E-state index contributed by atoms with van der Waals surface area (Å²) in [6, 6.07) is 5.82. The molecule has 12 heavy (non-hydrogen) atoms. The molecule has 0 amide bonds. The van der Waals surface area contributed by atoms with Crippen LogP contribution in [0.5, 0.6) is 5.75 Å². The number of oxime groups is 1. The second kappa shape index (κ2) is 2.52. The first-order valence-corrected chi connectivity index (χ1v) is 3.76. The van der Waals surface area contributed by atoms with Crippen molar-refractivity contribution in [3.8, 4) is 5.75 Å². The molecule has 0 aromatic heterocycles. The summed E-state index contributed by atoms with van der Waals surface area (Å²) < 4.78 is 5.29. The van der Waals surface area contributed by atoms with Crippen molar-refractivity contribution >= 4 is 5.71 Å². The quantitative estimate of drug-likeness (QED) is 0.466. The molecule has 0 aliphatic carbocycles. The van der Waals surface area contributed by atoms with Gasteiger partial charge in [0.15, 0.2) is 0 Å². The molecule has 1 N–H and O–H groups in total. The number of fused-ring (bicyclic) bond motifs is 1. The molecule has 3 heteroatoms. The van der Waals surface area contributed by atoms with E-state index in [1.807, 2.05) is 25.1 Å². The van der Waals surface area contributed by atoms with E-state index in [2.05, 4.69) is 5.16 Å². The smallest absolute Gasteiger partial charge is 0.134 e. The summed E-state index contributed by atoms with van der Waals surface area (Å²) in [5.74, 6) is 0.808. The highest BCUT2D eigenvalue weighted by atomic mass is 16.5. The molecule has 1 aromatic rings. The number of ether oxygens (including phenoxy) is 1. The molecule has 0 radical (unpaired) electrons. The van der Waals surface area contributed by atoms with Crippen molar-refractivity contribution in [2.45, 2.75) is 6.92 Å². The number of rotatable bonds is 0.